The molecule has 0 saturated carbocycles. The summed E-state index contributed by atoms with van der Waals surface area (Å²) in [6, 6.07) is 13.0. The number of thiophene rings is 1. The Balaban J connectivity index is 2.04. The van der Waals surface area contributed by atoms with Crippen molar-refractivity contribution in [1.82, 2.24) is 5.32 Å². The van der Waals surface area contributed by atoms with Gasteiger partial charge >= 0.3 is 0 Å². The third-order valence-electron chi connectivity index (χ3n) is 4.18. The van der Waals surface area contributed by atoms with Crippen LogP contribution in [0.1, 0.15) is 38.8 Å². The van der Waals surface area contributed by atoms with Crippen LogP contribution in [0.5, 0.6) is 0 Å². The van der Waals surface area contributed by atoms with E-state index in [1.165, 1.54) is 0 Å². The molecule has 0 bridgehead atoms. The molecule has 128 valence electrons. The van der Waals surface area contributed by atoms with Gasteiger partial charge in [0.15, 0.2) is 0 Å². The van der Waals surface area contributed by atoms with E-state index in [0.717, 1.165) is 16.9 Å². The van der Waals surface area contributed by atoms with Crippen LogP contribution in [-0.4, -0.2) is 29.6 Å². The molecule has 1 heterocycles. The maximum Gasteiger partial charge on any atom is 0.261 e. The second-order valence-electron chi connectivity index (χ2n) is 6.20. The first-order chi connectivity index (χ1) is 11.3. The Bertz CT molecular complexity index is 712. The van der Waals surface area contributed by atoms with Gasteiger partial charge in [0.2, 0.25) is 0 Å². The maximum atomic E-state index is 12.3. The molecule has 1 aromatic heterocycles. The number of rotatable bonds is 7. The Morgan fingerprint density at radius 1 is 1.21 bits per heavy atom. The predicted molar refractivity (Wildman–Crippen MR) is 95.1 cm³/mol. The number of carbonyl (C=O) groups is 2. The Hall–Kier alpha value is -2.18. The fourth-order valence-electron chi connectivity index (χ4n) is 2.38. The van der Waals surface area contributed by atoms with Crippen LogP contribution in [0.3, 0.4) is 0 Å². The van der Waals surface area contributed by atoms with Crippen LogP contribution in [0.2, 0.25) is 0 Å². The third-order valence-corrected chi connectivity index (χ3v) is 5.28. The average molecular weight is 346 g/mol. The topological polar surface area (TPSA) is 92.4 Å². The molecule has 4 N–H and O–H groups in total. The van der Waals surface area contributed by atoms with E-state index in [4.69, 9.17) is 5.73 Å². The smallest absolute Gasteiger partial charge is 0.261 e. The number of primary amides is 1. The highest BCUT2D eigenvalue weighted by molar-refractivity contribution is 7.15. The largest absolute Gasteiger partial charge is 0.393 e. The number of nitrogens with two attached hydrogens (primary N) is 1. The van der Waals surface area contributed by atoms with Gasteiger partial charge in [-0.25, -0.2) is 0 Å². The van der Waals surface area contributed by atoms with E-state index >= 15 is 0 Å². The number of benzene rings is 1. The molecule has 24 heavy (non-hydrogen) atoms. The van der Waals surface area contributed by atoms with Crippen molar-refractivity contribution in [2.75, 3.05) is 6.54 Å². The lowest BCUT2D eigenvalue weighted by molar-refractivity contribution is 0.0501. The van der Waals surface area contributed by atoms with E-state index < -0.39 is 17.4 Å². The summed E-state index contributed by atoms with van der Waals surface area (Å²) < 4.78 is 0. The van der Waals surface area contributed by atoms with Gasteiger partial charge < -0.3 is 16.2 Å². The van der Waals surface area contributed by atoms with Crippen LogP contribution in [0.15, 0.2) is 42.5 Å². The molecule has 0 fully saturated rings. The monoisotopic (exact) mass is 346 g/mol. The van der Waals surface area contributed by atoms with Crippen LogP contribution in [0, 0.1) is 5.41 Å². The van der Waals surface area contributed by atoms with Crippen molar-refractivity contribution < 1.29 is 14.7 Å². The van der Waals surface area contributed by atoms with Crippen molar-refractivity contribution in [2.24, 2.45) is 11.1 Å². The van der Waals surface area contributed by atoms with Crippen molar-refractivity contribution in [2.45, 2.75) is 26.4 Å². The molecule has 5 nitrogen and oxygen atoms in total. The molecule has 2 aromatic rings. The molecular weight excluding hydrogens is 324 g/mol. The second-order valence-corrected chi connectivity index (χ2v) is 7.29. The van der Waals surface area contributed by atoms with Gasteiger partial charge in [-0.05, 0) is 31.0 Å². The lowest BCUT2D eigenvalue weighted by Crippen LogP contribution is -2.43. The van der Waals surface area contributed by atoms with Crippen LogP contribution in [0.4, 0.5) is 0 Å². The number of hydrogen-bond donors (Lipinski definition) is 3. The molecule has 0 unspecified atom stereocenters. The molecule has 0 spiro atoms. The second kappa shape index (κ2) is 7.59. The maximum absolute atomic E-state index is 12.3. The van der Waals surface area contributed by atoms with E-state index in [1.54, 1.807) is 19.1 Å². The summed E-state index contributed by atoms with van der Waals surface area (Å²) in [7, 11) is 0. The molecule has 0 radical (unpaired) electrons. The zero-order valence-corrected chi connectivity index (χ0v) is 14.6. The van der Waals surface area contributed by atoms with Crippen molar-refractivity contribution in [3.63, 3.8) is 0 Å². The lowest BCUT2D eigenvalue weighted by atomic mass is 9.79. The Kier molecular flexibility index (Phi) is 5.75. The Labute approximate surface area is 145 Å². The summed E-state index contributed by atoms with van der Waals surface area (Å²) in [5, 5.41) is 13.0. The van der Waals surface area contributed by atoms with Gasteiger partial charge in [-0.15, -0.1) is 11.3 Å². The zero-order chi connectivity index (χ0) is 17.7. The van der Waals surface area contributed by atoms with E-state index in [-0.39, 0.29) is 5.91 Å². The van der Waals surface area contributed by atoms with Gasteiger partial charge in [0.05, 0.1) is 15.9 Å². The molecule has 2 atom stereocenters. The van der Waals surface area contributed by atoms with Gasteiger partial charge in [-0.1, -0.05) is 37.3 Å². The first kappa shape index (κ1) is 18.2. The van der Waals surface area contributed by atoms with Crippen LogP contribution in [-0.2, 0) is 6.42 Å². The zero-order valence-electron chi connectivity index (χ0n) is 13.8. The summed E-state index contributed by atoms with van der Waals surface area (Å²) in [5.74, 6) is -0.815. The van der Waals surface area contributed by atoms with E-state index in [1.807, 2.05) is 37.3 Å². The minimum absolute atomic E-state index is 0.271. The van der Waals surface area contributed by atoms with Gasteiger partial charge in [0.25, 0.3) is 11.8 Å². The quantitative estimate of drug-likeness (QED) is 0.717. The van der Waals surface area contributed by atoms with Crippen molar-refractivity contribution in [1.29, 1.82) is 0 Å². The molecule has 2 amide bonds. The fourth-order valence-corrected chi connectivity index (χ4v) is 3.16. The molecular formula is C18H22N2O3S. The van der Waals surface area contributed by atoms with Gasteiger partial charge in [-0.2, -0.15) is 0 Å². The van der Waals surface area contributed by atoms with Gasteiger partial charge in [0.1, 0.15) is 0 Å². The Morgan fingerprint density at radius 2 is 1.83 bits per heavy atom. The SMILES string of the molecule is C[C@H](O)[C@](C)(CNC(=O)c1ccc(C(N)=O)s1)Cc1ccccc1. The lowest BCUT2D eigenvalue weighted by Gasteiger charge is -2.33. The van der Waals surface area contributed by atoms with E-state index in [9.17, 15) is 14.7 Å². The summed E-state index contributed by atoms with van der Waals surface area (Å²) in [6.45, 7) is 3.99. The third kappa shape index (κ3) is 4.43. The number of amides is 2. The standard InChI is InChI=1S/C18H22N2O3S/c1-12(21)18(2,10-13-6-4-3-5-7-13)11-20-17(23)15-9-8-14(24-15)16(19)22/h3-9,12,21H,10-11H2,1-2H3,(H2,19,22)(H,20,23)/t12-,18-/m0/s1. The van der Waals surface area contributed by atoms with Gasteiger partial charge in [0, 0.05) is 12.0 Å². The number of carbonyl (C=O) groups excluding carboxylic acids is 2. The summed E-state index contributed by atoms with van der Waals surface area (Å²) in [6.07, 6.45) is 0.0467. The van der Waals surface area contributed by atoms with E-state index in [2.05, 4.69) is 5.32 Å². The highest BCUT2D eigenvalue weighted by atomic mass is 32.1. The van der Waals surface area contributed by atoms with Crippen LogP contribution in [0.25, 0.3) is 0 Å². The minimum Gasteiger partial charge on any atom is -0.393 e. The normalized spacial score (nSPS) is 14.6. The van der Waals surface area contributed by atoms with Crippen LogP contribution >= 0.6 is 11.3 Å². The molecule has 2 rings (SSSR count). The number of nitrogens with one attached hydrogen (secondary N) is 1. The highest BCUT2D eigenvalue weighted by Crippen LogP contribution is 2.26. The first-order valence-electron chi connectivity index (χ1n) is 7.71. The molecule has 1 aromatic carbocycles. The van der Waals surface area contributed by atoms with E-state index in [0.29, 0.717) is 22.7 Å². The number of hydrogen-bond acceptors (Lipinski definition) is 4. The number of aliphatic hydroxyl groups is 1. The molecule has 0 saturated heterocycles. The fraction of sp³-hybridized carbons (Fsp3) is 0.333. The summed E-state index contributed by atoms with van der Waals surface area (Å²) >= 11 is 1.06. The average Bonchev–Trinajstić information content (AvgIpc) is 3.04. The Morgan fingerprint density at radius 3 is 2.38 bits per heavy atom. The molecule has 6 heteroatoms. The van der Waals surface area contributed by atoms with Crippen molar-refractivity contribution in [3.05, 3.63) is 57.8 Å². The van der Waals surface area contributed by atoms with Crippen LogP contribution < -0.4 is 11.1 Å². The van der Waals surface area contributed by atoms with Crippen molar-refractivity contribution >= 4 is 23.2 Å². The summed E-state index contributed by atoms with van der Waals surface area (Å²) in [4.78, 5) is 24.2. The highest BCUT2D eigenvalue weighted by Gasteiger charge is 2.31. The first-order valence-corrected chi connectivity index (χ1v) is 8.53. The molecule has 0 aliphatic rings. The minimum atomic E-state index is -0.595. The van der Waals surface area contributed by atoms with Gasteiger partial charge in [-0.3, -0.25) is 9.59 Å². The number of aliphatic hydroxyl groups excluding tert-OH is 1. The molecule has 0 aliphatic carbocycles. The predicted octanol–water partition coefficient (Wildman–Crippen LogP) is 2.21. The summed E-state index contributed by atoms with van der Waals surface area (Å²) in [5.41, 5.74) is 5.80. The van der Waals surface area contributed by atoms with Crippen molar-refractivity contribution in [3.8, 4) is 0 Å². The molecule has 0 aliphatic heterocycles.